The van der Waals surface area contributed by atoms with Crippen molar-refractivity contribution in [1.29, 1.82) is 0 Å². The normalized spacial score (nSPS) is 17.8. The molecule has 1 aromatic heterocycles. The maximum atomic E-state index is 5.54. The van der Waals surface area contributed by atoms with Gasteiger partial charge in [-0.05, 0) is 60.0 Å². The van der Waals surface area contributed by atoms with Crippen molar-refractivity contribution < 1.29 is 4.74 Å². The molecule has 0 saturated carbocycles. The lowest BCUT2D eigenvalue weighted by atomic mass is 10.1. The summed E-state index contributed by atoms with van der Waals surface area (Å²) in [6, 6.07) is 6.13. The minimum atomic E-state index is 0.250. The highest BCUT2D eigenvalue weighted by atomic mass is 16.5. The van der Waals surface area contributed by atoms with Gasteiger partial charge in [-0.15, -0.1) is 5.10 Å². The van der Waals surface area contributed by atoms with E-state index in [1.807, 2.05) is 19.1 Å². The number of allylic oxidation sites excluding steroid dienone is 1. The maximum Gasteiger partial charge on any atom is 0.143 e. The van der Waals surface area contributed by atoms with Crippen LogP contribution in [0.1, 0.15) is 18.4 Å². The largest absolute Gasteiger partial charge is 0.497 e. The van der Waals surface area contributed by atoms with Crippen LogP contribution >= 0.6 is 0 Å². The Labute approximate surface area is 117 Å². The Morgan fingerprint density at radius 1 is 1.45 bits per heavy atom. The summed E-state index contributed by atoms with van der Waals surface area (Å²) in [5, 5.41) is 14.6. The lowest BCUT2D eigenvalue weighted by Crippen LogP contribution is -2.23. The Morgan fingerprint density at radius 3 is 3.10 bits per heavy atom. The molecule has 1 aromatic carbocycles. The number of nitrogens with zero attached hydrogens (tertiary/aromatic N) is 4. The molecule has 1 aliphatic rings. The Morgan fingerprint density at radius 2 is 2.40 bits per heavy atom. The van der Waals surface area contributed by atoms with Gasteiger partial charge in [0.15, 0.2) is 0 Å². The van der Waals surface area contributed by atoms with Crippen molar-refractivity contribution in [2.24, 2.45) is 0 Å². The van der Waals surface area contributed by atoms with Crippen molar-refractivity contribution in [1.82, 2.24) is 20.2 Å². The second kappa shape index (κ2) is 5.73. The number of aromatic nitrogens is 4. The van der Waals surface area contributed by atoms with E-state index in [-0.39, 0.29) is 6.10 Å². The first-order chi connectivity index (χ1) is 9.83. The van der Waals surface area contributed by atoms with Crippen molar-refractivity contribution in [3.63, 3.8) is 0 Å². The minimum absolute atomic E-state index is 0.250. The van der Waals surface area contributed by atoms with Gasteiger partial charge in [-0.3, -0.25) is 0 Å². The molecule has 1 aliphatic heterocycles. The van der Waals surface area contributed by atoms with Gasteiger partial charge >= 0.3 is 0 Å². The summed E-state index contributed by atoms with van der Waals surface area (Å²) in [6.45, 7) is 2.86. The van der Waals surface area contributed by atoms with E-state index in [1.165, 1.54) is 0 Å². The van der Waals surface area contributed by atoms with Crippen LogP contribution in [0, 0.1) is 6.92 Å². The van der Waals surface area contributed by atoms with E-state index in [2.05, 4.69) is 33.0 Å². The van der Waals surface area contributed by atoms with Crippen LogP contribution in [0.25, 0.3) is 5.69 Å². The number of rotatable bonds is 4. The fourth-order valence-electron chi connectivity index (χ4n) is 2.26. The third kappa shape index (κ3) is 2.79. The Bertz CT molecular complexity index is 594. The number of anilines is 1. The molecule has 3 rings (SSSR count). The van der Waals surface area contributed by atoms with Crippen LogP contribution in [0.3, 0.4) is 0 Å². The van der Waals surface area contributed by atoms with Crippen LogP contribution < -0.4 is 5.32 Å². The van der Waals surface area contributed by atoms with Crippen LogP contribution in [0.5, 0.6) is 0 Å². The fourth-order valence-corrected chi connectivity index (χ4v) is 2.26. The van der Waals surface area contributed by atoms with Gasteiger partial charge in [0, 0.05) is 5.69 Å². The second-order valence-electron chi connectivity index (χ2n) is 4.84. The zero-order valence-electron chi connectivity index (χ0n) is 11.4. The molecular formula is C14H17N5O. The predicted octanol–water partition coefficient (Wildman–Crippen LogP) is 2.08. The quantitative estimate of drug-likeness (QED) is 0.922. The summed E-state index contributed by atoms with van der Waals surface area (Å²) in [4.78, 5) is 0. The molecule has 1 atom stereocenters. The summed E-state index contributed by atoms with van der Waals surface area (Å²) in [5.41, 5.74) is 3.18. The first-order valence-corrected chi connectivity index (χ1v) is 6.71. The lowest BCUT2D eigenvalue weighted by molar-refractivity contribution is 0.135. The van der Waals surface area contributed by atoms with Gasteiger partial charge in [-0.1, -0.05) is 0 Å². The summed E-state index contributed by atoms with van der Waals surface area (Å²) < 4.78 is 7.20. The third-order valence-electron chi connectivity index (χ3n) is 3.35. The van der Waals surface area contributed by atoms with Gasteiger partial charge in [-0.25, -0.2) is 4.68 Å². The second-order valence-corrected chi connectivity index (χ2v) is 4.84. The Kier molecular flexibility index (Phi) is 3.62. The number of nitrogens with one attached hydrogen (secondary N) is 1. The standard InChI is InChI=1S/C14H17N5O/c1-11-8-12(15-9-13-4-2-3-7-20-13)5-6-14(11)19-10-16-17-18-19/h3,5-8,10,13,15H,2,4,9H2,1H3. The molecule has 6 heteroatoms. The number of aryl methyl sites for hydroxylation is 1. The SMILES string of the molecule is Cc1cc(NCC2CCC=CO2)ccc1-n1cnnn1. The van der Waals surface area contributed by atoms with Crippen molar-refractivity contribution >= 4 is 5.69 Å². The first kappa shape index (κ1) is 12.7. The van der Waals surface area contributed by atoms with E-state index in [4.69, 9.17) is 4.74 Å². The van der Waals surface area contributed by atoms with Crippen molar-refractivity contribution in [2.75, 3.05) is 11.9 Å². The Hall–Kier alpha value is -2.37. The number of hydrogen-bond donors (Lipinski definition) is 1. The van der Waals surface area contributed by atoms with Crippen molar-refractivity contribution in [3.05, 3.63) is 42.4 Å². The summed E-state index contributed by atoms with van der Waals surface area (Å²) >= 11 is 0. The van der Waals surface area contributed by atoms with E-state index in [9.17, 15) is 0 Å². The van der Waals surface area contributed by atoms with Crippen LogP contribution in [0.15, 0.2) is 36.9 Å². The summed E-state index contributed by atoms with van der Waals surface area (Å²) in [5.74, 6) is 0. The molecule has 1 unspecified atom stereocenters. The minimum Gasteiger partial charge on any atom is -0.497 e. The summed E-state index contributed by atoms with van der Waals surface area (Å²) in [7, 11) is 0. The van der Waals surface area contributed by atoms with E-state index >= 15 is 0 Å². The number of benzene rings is 1. The molecular weight excluding hydrogens is 254 g/mol. The van der Waals surface area contributed by atoms with Crippen LogP contribution in [0.2, 0.25) is 0 Å². The number of ether oxygens (including phenoxy) is 1. The first-order valence-electron chi connectivity index (χ1n) is 6.71. The molecule has 0 bridgehead atoms. The third-order valence-corrected chi connectivity index (χ3v) is 3.35. The highest BCUT2D eigenvalue weighted by Gasteiger charge is 2.11. The number of tetrazole rings is 1. The molecule has 0 aliphatic carbocycles. The van der Waals surface area contributed by atoms with Gasteiger partial charge in [0.2, 0.25) is 0 Å². The van der Waals surface area contributed by atoms with Gasteiger partial charge in [-0.2, -0.15) is 0 Å². The topological polar surface area (TPSA) is 64.9 Å². The van der Waals surface area contributed by atoms with Gasteiger partial charge in [0.25, 0.3) is 0 Å². The van der Waals surface area contributed by atoms with Crippen molar-refractivity contribution in [2.45, 2.75) is 25.9 Å². The molecule has 1 N–H and O–H groups in total. The van der Waals surface area contributed by atoms with Crippen LogP contribution in [-0.4, -0.2) is 32.9 Å². The molecule has 0 amide bonds. The molecule has 0 saturated heterocycles. The lowest BCUT2D eigenvalue weighted by Gasteiger charge is -2.20. The smallest absolute Gasteiger partial charge is 0.143 e. The Balaban J connectivity index is 1.66. The molecule has 20 heavy (non-hydrogen) atoms. The van der Waals surface area contributed by atoms with Crippen LogP contribution in [0.4, 0.5) is 5.69 Å². The molecule has 104 valence electrons. The molecule has 6 nitrogen and oxygen atoms in total. The maximum absolute atomic E-state index is 5.54. The van der Waals surface area contributed by atoms with E-state index in [0.717, 1.165) is 36.3 Å². The fraction of sp³-hybridized carbons (Fsp3) is 0.357. The van der Waals surface area contributed by atoms with E-state index in [0.29, 0.717) is 0 Å². The van der Waals surface area contributed by atoms with E-state index in [1.54, 1.807) is 17.3 Å². The molecule has 2 aromatic rings. The van der Waals surface area contributed by atoms with Gasteiger partial charge < -0.3 is 10.1 Å². The molecule has 2 heterocycles. The van der Waals surface area contributed by atoms with Crippen molar-refractivity contribution in [3.8, 4) is 5.69 Å². The predicted molar refractivity (Wildman–Crippen MR) is 75.6 cm³/mol. The highest BCUT2D eigenvalue weighted by molar-refractivity contribution is 5.53. The van der Waals surface area contributed by atoms with E-state index < -0.39 is 0 Å². The summed E-state index contributed by atoms with van der Waals surface area (Å²) in [6.07, 6.45) is 7.84. The van der Waals surface area contributed by atoms with Crippen LogP contribution in [-0.2, 0) is 4.74 Å². The highest BCUT2D eigenvalue weighted by Crippen LogP contribution is 2.18. The molecule has 0 fully saturated rings. The van der Waals surface area contributed by atoms with Gasteiger partial charge in [0.05, 0.1) is 18.5 Å². The average molecular weight is 271 g/mol. The average Bonchev–Trinajstić information content (AvgIpc) is 3.00. The zero-order chi connectivity index (χ0) is 13.8. The number of hydrogen-bond acceptors (Lipinski definition) is 5. The zero-order valence-corrected chi connectivity index (χ0v) is 11.4. The molecule has 0 spiro atoms. The molecule has 0 radical (unpaired) electrons. The van der Waals surface area contributed by atoms with Gasteiger partial charge in [0.1, 0.15) is 12.4 Å². The monoisotopic (exact) mass is 271 g/mol.